The predicted molar refractivity (Wildman–Crippen MR) is 94.4 cm³/mol. The van der Waals surface area contributed by atoms with E-state index < -0.39 is 5.41 Å². The number of aryl methyl sites for hydroxylation is 1. The first-order valence-electron chi connectivity index (χ1n) is 7.87. The van der Waals surface area contributed by atoms with Gasteiger partial charge in [0.25, 0.3) is 0 Å². The van der Waals surface area contributed by atoms with Crippen molar-refractivity contribution < 1.29 is 9.53 Å². The molecule has 1 aromatic carbocycles. The largest absolute Gasteiger partial charge is 0.465 e. The molecule has 6 nitrogen and oxygen atoms in total. The summed E-state index contributed by atoms with van der Waals surface area (Å²) in [7, 11) is 0. The molecular formula is C17H20N4O2S. The van der Waals surface area contributed by atoms with E-state index >= 15 is 0 Å². The Morgan fingerprint density at radius 3 is 2.88 bits per heavy atom. The first-order chi connectivity index (χ1) is 11.5. The van der Waals surface area contributed by atoms with Crippen molar-refractivity contribution >= 4 is 28.4 Å². The highest BCUT2D eigenvalue weighted by molar-refractivity contribution is 7.15. The van der Waals surface area contributed by atoms with Crippen molar-refractivity contribution in [1.29, 1.82) is 5.41 Å². The van der Waals surface area contributed by atoms with Crippen LogP contribution in [0.3, 0.4) is 0 Å². The minimum Gasteiger partial charge on any atom is -0.465 e. The van der Waals surface area contributed by atoms with Crippen molar-refractivity contribution in [3.8, 4) is 0 Å². The highest BCUT2D eigenvalue weighted by atomic mass is 32.1. The maximum Gasteiger partial charge on any atom is 0.316 e. The van der Waals surface area contributed by atoms with Crippen LogP contribution in [0.2, 0.25) is 0 Å². The number of thiazole rings is 1. The molecule has 3 rings (SSSR count). The lowest BCUT2D eigenvalue weighted by atomic mass is 9.70. The van der Waals surface area contributed by atoms with Crippen molar-refractivity contribution in [3.63, 3.8) is 0 Å². The number of benzene rings is 1. The maximum atomic E-state index is 12.8. The van der Waals surface area contributed by atoms with Gasteiger partial charge in [0.1, 0.15) is 0 Å². The number of esters is 1. The lowest BCUT2D eigenvalue weighted by molar-refractivity contribution is -0.150. The van der Waals surface area contributed by atoms with Crippen LogP contribution in [-0.2, 0) is 27.8 Å². The number of anilines is 1. The number of guanidine groups is 1. The normalized spacial score (nSPS) is 19.4. The van der Waals surface area contributed by atoms with Crippen molar-refractivity contribution in [2.24, 2.45) is 5.73 Å². The molecule has 24 heavy (non-hydrogen) atoms. The molecule has 0 amide bonds. The fourth-order valence-electron chi connectivity index (χ4n) is 3.14. The van der Waals surface area contributed by atoms with Gasteiger partial charge in [0.2, 0.25) is 0 Å². The van der Waals surface area contributed by atoms with Gasteiger partial charge in [-0.05, 0) is 25.3 Å². The van der Waals surface area contributed by atoms with E-state index in [9.17, 15) is 4.79 Å². The number of carbonyl (C=O) groups is 1. The second-order valence-electron chi connectivity index (χ2n) is 5.77. The second kappa shape index (κ2) is 6.60. The van der Waals surface area contributed by atoms with Gasteiger partial charge in [-0.2, -0.15) is 0 Å². The Labute approximate surface area is 144 Å². The van der Waals surface area contributed by atoms with E-state index in [1.807, 2.05) is 37.3 Å². The summed E-state index contributed by atoms with van der Waals surface area (Å²) >= 11 is 1.45. The van der Waals surface area contributed by atoms with Crippen LogP contribution in [0.25, 0.3) is 0 Å². The number of fused-ring (bicyclic) bond motifs is 1. The molecule has 126 valence electrons. The molecule has 0 saturated carbocycles. The van der Waals surface area contributed by atoms with Crippen molar-refractivity contribution in [3.05, 3.63) is 46.5 Å². The van der Waals surface area contributed by atoms with Gasteiger partial charge in [-0.25, -0.2) is 4.98 Å². The number of nitrogens with one attached hydrogen (secondary N) is 2. The highest BCUT2D eigenvalue weighted by Crippen LogP contribution is 2.42. The molecule has 1 unspecified atom stereocenters. The molecule has 0 saturated heterocycles. The number of hydrogen-bond acceptors (Lipinski definition) is 5. The summed E-state index contributed by atoms with van der Waals surface area (Å²) in [6, 6.07) is 9.80. The van der Waals surface area contributed by atoms with Crippen LogP contribution in [0.1, 0.15) is 29.5 Å². The molecule has 1 aromatic heterocycles. The zero-order valence-corrected chi connectivity index (χ0v) is 14.3. The monoisotopic (exact) mass is 344 g/mol. The van der Waals surface area contributed by atoms with Gasteiger partial charge >= 0.3 is 5.97 Å². The van der Waals surface area contributed by atoms with Gasteiger partial charge in [0, 0.05) is 11.3 Å². The van der Waals surface area contributed by atoms with Crippen molar-refractivity contribution in [1.82, 2.24) is 4.98 Å². The van der Waals surface area contributed by atoms with Crippen LogP contribution in [0.5, 0.6) is 0 Å². The second-order valence-corrected chi connectivity index (χ2v) is 6.86. The van der Waals surface area contributed by atoms with Crippen LogP contribution >= 0.6 is 11.3 Å². The first-order valence-corrected chi connectivity index (χ1v) is 8.69. The Morgan fingerprint density at radius 1 is 1.46 bits per heavy atom. The molecule has 1 atom stereocenters. The van der Waals surface area contributed by atoms with Crippen molar-refractivity contribution in [2.45, 2.75) is 31.6 Å². The standard InChI is InChI=1S/C17H20N4O2S/c1-2-23-14(22)17(11-6-4-3-5-7-11)9-8-12-13(10-17)24-16(20-12)21-15(18)19/h3-7H,2,8-10H2,1H3,(H4,18,19,20,21). The highest BCUT2D eigenvalue weighted by Gasteiger charge is 2.45. The minimum atomic E-state index is -0.676. The SMILES string of the molecule is CCOC(=O)C1(c2ccccc2)CCc2nc(NC(=N)N)sc2C1. The molecule has 2 aromatic rings. The summed E-state index contributed by atoms with van der Waals surface area (Å²) in [6.07, 6.45) is 1.91. The fraction of sp³-hybridized carbons (Fsp3) is 0.353. The molecule has 1 aliphatic rings. The van der Waals surface area contributed by atoms with Gasteiger partial charge in [-0.15, -0.1) is 11.3 Å². The number of aromatic nitrogens is 1. The fourth-order valence-corrected chi connectivity index (χ4v) is 4.28. The lowest BCUT2D eigenvalue weighted by Crippen LogP contribution is -2.42. The molecule has 0 bridgehead atoms. The minimum absolute atomic E-state index is 0.138. The number of carbonyl (C=O) groups excluding carboxylic acids is 1. The summed E-state index contributed by atoms with van der Waals surface area (Å²) in [5.74, 6) is -0.322. The Hall–Kier alpha value is -2.41. The Morgan fingerprint density at radius 2 is 2.21 bits per heavy atom. The molecule has 1 aliphatic carbocycles. The first kappa shape index (κ1) is 16.4. The molecule has 0 spiro atoms. The average molecular weight is 344 g/mol. The quantitative estimate of drug-likeness (QED) is 0.449. The van der Waals surface area contributed by atoms with E-state index in [0.717, 1.165) is 16.1 Å². The van der Waals surface area contributed by atoms with Gasteiger partial charge in [-0.3, -0.25) is 10.2 Å². The van der Waals surface area contributed by atoms with Crippen LogP contribution in [0.15, 0.2) is 30.3 Å². The third-order valence-corrected chi connectivity index (χ3v) is 5.28. The van der Waals surface area contributed by atoms with Crippen LogP contribution in [-0.4, -0.2) is 23.5 Å². The number of nitrogens with two attached hydrogens (primary N) is 1. The van der Waals surface area contributed by atoms with Gasteiger partial charge in [0.05, 0.1) is 17.7 Å². The Bertz CT molecular complexity index is 759. The van der Waals surface area contributed by atoms with E-state index in [4.69, 9.17) is 15.9 Å². The molecule has 0 fully saturated rings. The number of ether oxygens (including phenoxy) is 1. The topological polar surface area (TPSA) is 101 Å². The van der Waals surface area contributed by atoms with Gasteiger partial charge in [0.15, 0.2) is 11.1 Å². The Kier molecular flexibility index (Phi) is 4.53. The van der Waals surface area contributed by atoms with E-state index in [1.54, 1.807) is 0 Å². The zero-order chi connectivity index (χ0) is 17.2. The number of rotatable bonds is 4. The molecule has 0 radical (unpaired) electrons. The Balaban J connectivity index is 1.98. The lowest BCUT2D eigenvalue weighted by Gasteiger charge is -2.34. The summed E-state index contributed by atoms with van der Waals surface area (Å²) in [5, 5.41) is 10.7. The van der Waals surface area contributed by atoms with Crippen molar-refractivity contribution in [2.75, 3.05) is 11.9 Å². The summed E-state index contributed by atoms with van der Waals surface area (Å²) in [4.78, 5) is 18.3. The third-order valence-electron chi connectivity index (χ3n) is 4.26. The third kappa shape index (κ3) is 2.99. The zero-order valence-electron chi connectivity index (χ0n) is 13.5. The van der Waals surface area contributed by atoms with E-state index in [-0.39, 0.29) is 11.9 Å². The number of nitrogens with zero attached hydrogens (tertiary/aromatic N) is 1. The van der Waals surface area contributed by atoms with Crippen LogP contribution < -0.4 is 11.1 Å². The molecule has 1 heterocycles. The summed E-state index contributed by atoms with van der Waals surface area (Å²) in [5.41, 5.74) is 6.65. The van der Waals surface area contributed by atoms with Gasteiger partial charge < -0.3 is 15.8 Å². The van der Waals surface area contributed by atoms with E-state index in [2.05, 4.69) is 10.3 Å². The molecule has 7 heteroatoms. The van der Waals surface area contributed by atoms with E-state index in [0.29, 0.717) is 31.0 Å². The van der Waals surface area contributed by atoms with Gasteiger partial charge in [-0.1, -0.05) is 30.3 Å². The van der Waals surface area contributed by atoms with Crippen LogP contribution in [0, 0.1) is 5.41 Å². The molecule has 0 aliphatic heterocycles. The smallest absolute Gasteiger partial charge is 0.316 e. The maximum absolute atomic E-state index is 12.8. The van der Waals surface area contributed by atoms with Crippen LogP contribution in [0.4, 0.5) is 5.13 Å². The average Bonchev–Trinajstić information content (AvgIpc) is 2.95. The van der Waals surface area contributed by atoms with E-state index in [1.165, 1.54) is 11.3 Å². The molecular weight excluding hydrogens is 324 g/mol. The number of hydrogen-bond donors (Lipinski definition) is 3. The summed E-state index contributed by atoms with van der Waals surface area (Å²) < 4.78 is 5.40. The predicted octanol–water partition coefficient (Wildman–Crippen LogP) is 2.44. The molecule has 4 N–H and O–H groups in total. The summed E-state index contributed by atoms with van der Waals surface area (Å²) in [6.45, 7) is 2.19.